The van der Waals surface area contributed by atoms with Crippen LogP contribution in [0.5, 0.6) is 0 Å². The summed E-state index contributed by atoms with van der Waals surface area (Å²) in [5, 5.41) is 5.79. The summed E-state index contributed by atoms with van der Waals surface area (Å²) in [4.78, 5) is 40.6. The van der Waals surface area contributed by atoms with Crippen LogP contribution in [0.2, 0.25) is 0 Å². The summed E-state index contributed by atoms with van der Waals surface area (Å²) in [5.41, 5.74) is 2.87. The predicted octanol–water partition coefficient (Wildman–Crippen LogP) is 1.93. The second-order valence-electron chi connectivity index (χ2n) is 5.91. The third-order valence-electron chi connectivity index (χ3n) is 4.05. The van der Waals surface area contributed by atoms with Gasteiger partial charge in [0.2, 0.25) is 17.7 Å². The molecule has 2 heterocycles. The molecule has 1 aromatic carbocycles. The van der Waals surface area contributed by atoms with Crippen molar-refractivity contribution in [3.05, 3.63) is 40.2 Å². The minimum Gasteiger partial charge on any atom is -0.354 e. The van der Waals surface area contributed by atoms with E-state index >= 15 is 0 Å². The van der Waals surface area contributed by atoms with E-state index in [2.05, 4.69) is 10.3 Å². The molecule has 0 atom stereocenters. The zero-order valence-corrected chi connectivity index (χ0v) is 14.8. The van der Waals surface area contributed by atoms with Gasteiger partial charge in [-0.25, -0.2) is 4.98 Å². The smallest absolute Gasteiger partial charge is 0.229 e. The maximum Gasteiger partial charge on any atom is 0.229 e. The van der Waals surface area contributed by atoms with Crippen LogP contribution in [-0.4, -0.2) is 40.7 Å². The molecule has 1 N–H and O–H groups in total. The van der Waals surface area contributed by atoms with Gasteiger partial charge in [0.25, 0.3) is 0 Å². The van der Waals surface area contributed by atoms with Gasteiger partial charge in [-0.1, -0.05) is 24.3 Å². The van der Waals surface area contributed by atoms with Crippen molar-refractivity contribution in [2.24, 2.45) is 0 Å². The van der Waals surface area contributed by atoms with Gasteiger partial charge in [-0.3, -0.25) is 19.3 Å². The Bertz CT molecular complexity index is 782. The van der Waals surface area contributed by atoms with Crippen LogP contribution in [0.25, 0.3) is 11.3 Å². The summed E-state index contributed by atoms with van der Waals surface area (Å²) in [7, 11) is 0. The average Bonchev–Trinajstić information content (AvgIpc) is 3.16. The standard InChI is InChI=1S/C18H19N3O3S/c1-12-20-15(11-25-12)14-4-2-13(3-5-14)10-16(22)19-8-9-21-17(23)6-7-18(21)24/h2-5,11H,6-10H2,1H3,(H,19,22). The largest absolute Gasteiger partial charge is 0.354 e. The quantitative estimate of drug-likeness (QED) is 0.801. The Morgan fingerprint density at radius 2 is 1.88 bits per heavy atom. The van der Waals surface area contributed by atoms with E-state index in [9.17, 15) is 14.4 Å². The summed E-state index contributed by atoms with van der Waals surface area (Å²) in [6.45, 7) is 2.49. The minimum atomic E-state index is -0.160. The zero-order valence-electron chi connectivity index (χ0n) is 13.9. The molecule has 0 bridgehead atoms. The number of carbonyl (C=O) groups excluding carboxylic acids is 3. The first-order valence-electron chi connectivity index (χ1n) is 8.14. The van der Waals surface area contributed by atoms with Gasteiger partial charge in [0.15, 0.2) is 0 Å². The van der Waals surface area contributed by atoms with Crippen LogP contribution in [0.1, 0.15) is 23.4 Å². The van der Waals surface area contributed by atoms with Crippen molar-refractivity contribution in [1.82, 2.24) is 15.2 Å². The van der Waals surface area contributed by atoms with Crippen molar-refractivity contribution in [3.63, 3.8) is 0 Å². The third-order valence-corrected chi connectivity index (χ3v) is 4.82. The molecule has 0 radical (unpaired) electrons. The molecule has 7 heteroatoms. The number of aryl methyl sites for hydroxylation is 1. The Morgan fingerprint density at radius 1 is 1.20 bits per heavy atom. The highest BCUT2D eigenvalue weighted by Crippen LogP contribution is 2.21. The van der Waals surface area contributed by atoms with E-state index in [1.165, 1.54) is 4.90 Å². The molecule has 25 heavy (non-hydrogen) atoms. The lowest BCUT2D eigenvalue weighted by atomic mass is 10.1. The molecule has 6 nitrogen and oxygen atoms in total. The fraction of sp³-hybridized carbons (Fsp3) is 0.333. The molecule has 1 saturated heterocycles. The predicted molar refractivity (Wildman–Crippen MR) is 95.0 cm³/mol. The normalized spacial score (nSPS) is 14.2. The number of rotatable bonds is 6. The van der Waals surface area contributed by atoms with Gasteiger partial charge in [0.05, 0.1) is 17.1 Å². The first-order valence-corrected chi connectivity index (χ1v) is 9.02. The lowest BCUT2D eigenvalue weighted by Gasteiger charge is -2.14. The molecule has 0 saturated carbocycles. The Kier molecular flexibility index (Phi) is 5.23. The second kappa shape index (κ2) is 7.57. The second-order valence-corrected chi connectivity index (χ2v) is 6.98. The van der Waals surface area contributed by atoms with Gasteiger partial charge in [-0.2, -0.15) is 0 Å². The lowest BCUT2D eigenvalue weighted by molar-refractivity contribution is -0.138. The molecule has 1 aliphatic rings. The van der Waals surface area contributed by atoms with Gasteiger partial charge in [0.1, 0.15) is 0 Å². The molecule has 1 aliphatic heterocycles. The van der Waals surface area contributed by atoms with Gasteiger partial charge in [-0.15, -0.1) is 11.3 Å². The fourth-order valence-electron chi connectivity index (χ4n) is 2.72. The Labute approximate surface area is 149 Å². The molecular weight excluding hydrogens is 338 g/mol. The number of likely N-dealkylation sites (tertiary alicyclic amines) is 1. The number of imide groups is 1. The Morgan fingerprint density at radius 3 is 2.48 bits per heavy atom. The van der Waals surface area contributed by atoms with E-state index < -0.39 is 0 Å². The minimum absolute atomic E-state index is 0.128. The molecule has 130 valence electrons. The van der Waals surface area contributed by atoms with E-state index in [4.69, 9.17) is 0 Å². The highest BCUT2D eigenvalue weighted by atomic mass is 32.1. The van der Waals surface area contributed by atoms with Gasteiger partial charge in [-0.05, 0) is 12.5 Å². The van der Waals surface area contributed by atoms with Crippen LogP contribution >= 0.6 is 11.3 Å². The summed E-state index contributed by atoms with van der Waals surface area (Å²) < 4.78 is 0. The molecule has 0 aliphatic carbocycles. The third kappa shape index (κ3) is 4.30. The number of amides is 3. The fourth-order valence-corrected chi connectivity index (χ4v) is 3.34. The van der Waals surface area contributed by atoms with Crippen LogP contribution in [0.3, 0.4) is 0 Å². The molecular formula is C18H19N3O3S. The number of nitrogens with one attached hydrogen (secondary N) is 1. The Hall–Kier alpha value is -2.54. The first kappa shape index (κ1) is 17.3. The highest BCUT2D eigenvalue weighted by Gasteiger charge is 2.28. The van der Waals surface area contributed by atoms with Crippen molar-refractivity contribution in [2.45, 2.75) is 26.2 Å². The van der Waals surface area contributed by atoms with E-state index in [1.54, 1.807) is 11.3 Å². The van der Waals surface area contributed by atoms with Crippen molar-refractivity contribution < 1.29 is 14.4 Å². The zero-order chi connectivity index (χ0) is 17.8. The summed E-state index contributed by atoms with van der Waals surface area (Å²) in [6.07, 6.45) is 0.813. The first-order chi connectivity index (χ1) is 12.0. The van der Waals surface area contributed by atoms with Crippen LogP contribution in [0.15, 0.2) is 29.6 Å². The molecule has 0 unspecified atom stereocenters. The maximum atomic E-state index is 12.0. The van der Waals surface area contributed by atoms with Crippen LogP contribution in [-0.2, 0) is 20.8 Å². The van der Waals surface area contributed by atoms with E-state index in [0.29, 0.717) is 0 Å². The van der Waals surface area contributed by atoms with Crippen molar-refractivity contribution in [1.29, 1.82) is 0 Å². The molecule has 3 rings (SSSR count). The topological polar surface area (TPSA) is 79.4 Å². The average molecular weight is 357 g/mol. The Balaban J connectivity index is 1.48. The number of benzene rings is 1. The number of aromatic nitrogens is 1. The SMILES string of the molecule is Cc1nc(-c2ccc(CC(=O)NCCN3C(=O)CCC3=O)cc2)cs1. The number of nitrogens with zero attached hydrogens (tertiary/aromatic N) is 2. The molecule has 1 fully saturated rings. The number of hydrogen-bond donors (Lipinski definition) is 1. The lowest BCUT2D eigenvalue weighted by Crippen LogP contribution is -2.38. The van der Waals surface area contributed by atoms with Crippen LogP contribution in [0.4, 0.5) is 0 Å². The van der Waals surface area contributed by atoms with Crippen LogP contribution < -0.4 is 5.32 Å². The molecule has 0 spiro atoms. The maximum absolute atomic E-state index is 12.0. The highest BCUT2D eigenvalue weighted by molar-refractivity contribution is 7.09. The van der Waals surface area contributed by atoms with Gasteiger partial charge < -0.3 is 5.32 Å². The number of carbonyl (C=O) groups is 3. The molecule has 1 aromatic heterocycles. The van der Waals surface area contributed by atoms with Crippen molar-refractivity contribution >= 4 is 29.1 Å². The van der Waals surface area contributed by atoms with Crippen molar-refractivity contribution in [3.8, 4) is 11.3 Å². The summed E-state index contributed by atoms with van der Waals surface area (Å²) >= 11 is 1.61. The molecule has 3 amide bonds. The number of hydrogen-bond acceptors (Lipinski definition) is 5. The summed E-state index contributed by atoms with van der Waals surface area (Å²) in [5.74, 6) is -0.449. The van der Waals surface area contributed by atoms with Gasteiger partial charge >= 0.3 is 0 Å². The van der Waals surface area contributed by atoms with Gasteiger partial charge in [0, 0.05) is 36.9 Å². The van der Waals surface area contributed by atoms with Crippen molar-refractivity contribution in [2.75, 3.05) is 13.1 Å². The van der Waals surface area contributed by atoms with Crippen LogP contribution in [0, 0.1) is 6.92 Å². The van der Waals surface area contributed by atoms with E-state index in [-0.39, 0.29) is 50.1 Å². The van der Waals surface area contributed by atoms with E-state index in [1.807, 2.05) is 36.6 Å². The summed E-state index contributed by atoms with van der Waals surface area (Å²) in [6, 6.07) is 7.74. The monoisotopic (exact) mass is 357 g/mol. The number of thiazole rings is 1. The molecule has 2 aromatic rings. The van der Waals surface area contributed by atoms with E-state index in [0.717, 1.165) is 21.8 Å².